The second-order valence-electron chi connectivity index (χ2n) is 9.09. The Labute approximate surface area is 204 Å². The van der Waals surface area contributed by atoms with Crippen LogP contribution < -0.4 is 15.1 Å². The van der Waals surface area contributed by atoms with Crippen molar-refractivity contribution in [3.05, 3.63) is 74.7 Å². The first-order valence-electron chi connectivity index (χ1n) is 10.9. The van der Waals surface area contributed by atoms with Crippen LogP contribution in [0.3, 0.4) is 0 Å². The molecule has 174 valence electrons. The fraction of sp³-hybridized carbons (Fsp3) is 0.280. The largest absolute Gasteiger partial charge is 0.325 e. The van der Waals surface area contributed by atoms with Gasteiger partial charge in [0.2, 0.25) is 17.7 Å². The highest BCUT2D eigenvalue weighted by Crippen LogP contribution is 2.54. The first kappa shape index (κ1) is 22.6. The number of imide groups is 1. The second-order valence-corrected chi connectivity index (χ2v) is 11.2. The van der Waals surface area contributed by atoms with Gasteiger partial charge in [-0.25, -0.2) is 4.90 Å². The van der Waals surface area contributed by atoms with Gasteiger partial charge >= 0.3 is 4.87 Å². The molecule has 0 aliphatic carbocycles. The Balaban J connectivity index is 1.47. The molecule has 1 N–H and O–H groups in total. The summed E-state index contributed by atoms with van der Waals surface area (Å²) in [5.74, 6) is -1.47. The first-order chi connectivity index (χ1) is 16.2. The highest BCUT2D eigenvalue weighted by atomic mass is 32.2. The summed E-state index contributed by atoms with van der Waals surface area (Å²) in [5.41, 5.74) is 1.54. The highest BCUT2D eigenvalue weighted by molar-refractivity contribution is 8.00. The minimum absolute atomic E-state index is 0.163. The molecule has 3 heterocycles. The van der Waals surface area contributed by atoms with Gasteiger partial charge in [-0.05, 0) is 31.2 Å². The molecular weight excluding hydrogens is 470 g/mol. The van der Waals surface area contributed by atoms with E-state index in [0.717, 1.165) is 21.8 Å². The molecule has 3 amide bonds. The molecule has 0 radical (unpaired) electrons. The summed E-state index contributed by atoms with van der Waals surface area (Å²) in [6, 6.07) is 16.3. The topological polar surface area (TPSA) is 88.5 Å². The molecular formula is C25H23N3O4S2. The molecule has 5 rings (SSSR count). The second kappa shape index (κ2) is 8.25. The Hall–Kier alpha value is -3.17. The van der Waals surface area contributed by atoms with Crippen molar-refractivity contribution in [3.8, 4) is 0 Å². The van der Waals surface area contributed by atoms with E-state index in [4.69, 9.17) is 0 Å². The van der Waals surface area contributed by atoms with Gasteiger partial charge in [0.25, 0.3) is 0 Å². The molecule has 9 heteroatoms. The Morgan fingerprint density at radius 2 is 1.68 bits per heavy atom. The molecule has 7 nitrogen and oxygen atoms in total. The van der Waals surface area contributed by atoms with Crippen LogP contribution in [0.25, 0.3) is 0 Å². The Morgan fingerprint density at radius 1 is 1.00 bits per heavy atom. The lowest BCUT2D eigenvalue weighted by Gasteiger charge is -2.36. The predicted octanol–water partition coefficient (Wildman–Crippen LogP) is 3.80. The highest BCUT2D eigenvalue weighted by Gasteiger charge is 2.59. The van der Waals surface area contributed by atoms with Crippen LogP contribution in [0.1, 0.15) is 24.3 Å². The summed E-state index contributed by atoms with van der Waals surface area (Å²) in [5, 5.41) is 2.76. The van der Waals surface area contributed by atoms with Crippen LogP contribution in [0.5, 0.6) is 0 Å². The zero-order valence-corrected chi connectivity index (χ0v) is 20.5. The molecule has 1 aromatic heterocycles. The van der Waals surface area contributed by atoms with E-state index in [9.17, 15) is 19.2 Å². The molecule has 34 heavy (non-hydrogen) atoms. The van der Waals surface area contributed by atoms with Crippen molar-refractivity contribution in [2.45, 2.75) is 43.0 Å². The molecule has 2 aliphatic rings. The van der Waals surface area contributed by atoms with Gasteiger partial charge in [-0.1, -0.05) is 72.8 Å². The summed E-state index contributed by atoms with van der Waals surface area (Å²) >= 11 is 2.27. The SMILES string of the molecule is Cc1ccc(NC(=O)Cn2c3c(sc2=O)C(C)(C)C2C(=O)N(c4ccccc4)C(=O)C2S3)cc1. The van der Waals surface area contributed by atoms with E-state index in [0.29, 0.717) is 16.4 Å². The van der Waals surface area contributed by atoms with Gasteiger partial charge in [0.1, 0.15) is 11.8 Å². The standard InChI is InChI=1S/C25H23N3O4S2/c1-14-9-11-15(12-10-14)26-17(29)13-27-23-20(34-24(27)32)25(2,3)18-19(33-23)22(31)28(21(18)30)16-7-5-4-6-8-16/h4-12,18-19H,13H2,1-3H3,(H,26,29). The van der Waals surface area contributed by atoms with Crippen LogP contribution in [0.15, 0.2) is 64.4 Å². The molecule has 2 aliphatic heterocycles. The van der Waals surface area contributed by atoms with Gasteiger partial charge in [-0.15, -0.1) is 0 Å². The van der Waals surface area contributed by atoms with Gasteiger partial charge in [0, 0.05) is 16.0 Å². The van der Waals surface area contributed by atoms with Crippen LogP contribution in [0.4, 0.5) is 11.4 Å². The van der Waals surface area contributed by atoms with E-state index in [1.165, 1.54) is 21.2 Å². The van der Waals surface area contributed by atoms with Gasteiger partial charge in [-0.2, -0.15) is 0 Å². The maximum atomic E-state index is 13.4. The third kappa shape index (κ3) is 3.59. The number of benzene rings is 2. The molecule has 0 bridgehead atoms. The van der Waals surface area contributed by atoms with Crippen molar-refractivity contribution in [1.82, 2.24) is 4.57 Å². The number of hydrogen-bond donors (Lipinski definition) is 1. The van der Waals surface area contributed by atoms with Gasteiger partial charge in [-0.3, -0.25) is 23.7 Å². The van der Waals surface area contributed by atoms with Crippen molar-refractivity contribution in [3.63, 3.8) is 0 Å². The monoisotopic (exact) mass is 493 g/mol. The number of amides is 3. The van der Waals surface area contributed by atoms with Crippen molar-refractivity contribution in [2.24, 2.45) is 5.92 Å². The first-order valence-corrected chi connectivity index (χ1v) is 12.6. The molecule has 0 saturated carbocycles. The van der Waals surface area contributed by atoms with Crippen LogP contribution in [-0.2, 0) is 26.3 Å². The van der Waals surface area contributed by atoms with Crippen LogP contribution in [-0.4, -0.2) is 27.5 Å². The predicted molar refractivity (Wildman–Crippen MR) is 133 cm³/mol. The number of fused-ring (bicyclic) bond motifs is 2. The molecule has 3 aromatic rings. The number of carbonyl (C=O) groups excluding carboxylic acids is 3. The summed E-state index contributed by atoms with van der Waals surface area (Å²) in [4.78, 5) is 54.2. The fourth-order valence-electron chi connectivity index (χ4n) is 4.58. The normalized spacial score (nSPS) is 20.7. The van der Waals surface area contributed by atoms with Gasteiger partial charge in [0.05, 0.1) is 16.6 Å². The van der Waals surface area contributed by atoms with Crippen LogP contribution in [0, 0.1) is 12.8 Å². The molecule has 2 unspecified atom stereocenters. The van der Waals surface area contributed by atoms with E-state index in [2.05, 4.69) is 5.32 Å². The Kier molecular flexibility index (Phi) is 5.49. The van der Waals surface area contributed by atoms with Crippen molar-refractivity contribution < 1.29 is 14.4 Å². The maximum absolute atomic E-state index is 13.4. The summed E-state index contributed by atoms with van der Waals surface area (Å²) in [6.07, 6.45) is 0. The zero-order valence-electron chi connectivity index (χ0n) is 18.9. The molecule has 1 fully saturated rings. The minimum atomic E-state index is -0.732. The van der Waals surface area contributed by atoms with E-state index in [-0.39, 0.29) is 29.1 Å². The number of nitrogens with one attached hydrogen (secondary N) is 1. The van der Waals surface area contributed by atoms with Crippen LogP contribution in [0.2, 0.25) is 0 Å². The van der Waals surface area contributed by atoms with Crippen molar-refractivity contribution >= 4 is 52.2 Å². The Bertz CT molecular complexity index is 1360. The van der Waals surface area contributed by atoms with Crippen molar-refractivity contribution in [2.75, 3.05) is 10.2 Å². The summed E-state index contributed by atoms with van der Waals surface area (Å²) < 4.78 is 1.43. The average Bonchev–Trinajstić information content (AvgIpc) is 3.25. The number of thiazole rings is 1. The number of anilines is 2. The molecule has 0 spiro atoms. The van der Waals surface area contributed by atoms with Gasteiger partial charge in [0.15, 0.2) is 0 Å². The summed E-state index contributed by atoms with van der Waals surface area (Å²) in [7, 11) is 0. The number of aromatic nitrogens is 1. The number of carbonyl (C=O) groups is 3. The van der Waals surface area contributed by atoms with Gasteiger partial charge < -0.3 is 5.32 Å². The number of thioether (sulfide) groups is 1. The number of hydrogen-bond acceptors (Lipinski definition) is 6. The summed E-state index contributed by atoms with van der Waals surface area (Å²) in [6.45, 7) is 5.59. The molecule has 1 saturated heterocycles. The van der Waals surface area contributed by atoms with E-state index >= 15 is 0 Å². The van der Waals surface area contributed by atoms with E-state index < -0.39 is 16.6 Å². The van der Waals surface area contributed by atoms with Crippen LogP contribution >= 0.6 is 23.1 Å². The third-order valence-electron chi connectivity index (χ3n) is 6.35. The molecule has 2 aromatic carbocycles. The number of para-hydroxylation sites is 1. The lowest BCUT2D eigenvalue weighted by molar-refractivity contribution is -0.123. The minimum Gasteiger partial charge on any atom is -0.325 e. The van der Waals surface area contributed by atoms with E-state index in [1.807, 2.05) is 51.1 Å². The Morgan fingerprint density at radius 3 is 2.35 bits per heavy atom. The fourth-order valence-corrected chi connectivity index (χ4v) is 7.62. The lowest BCUT2D eigenvalue weighted by Crippen LogP contribution is -2.41. The van der Waals surface area contributed by atoms with Crippen molar-refractivity contribution in [1.29, 1.82) is 0 Å². The number of rotatable bonds is 4. The quantitative estimate of drug-likeness (QED) is 0.559. The number of aryl methyl sites for hydroxylation is 1. The molecule has 2 atom stereocenters. The zero-order chi connectivity index (χ0) is 24.2. The van der Waals surface area contributed by atoms with E-state index in [1.54, 1.807) is 24.3 Å². The maximum Gasteiger partial charge on any atom is 0.308 e. The smallest absolute Gasteiger partial charge is 0.308 e. The lowest BCUT2D eigenvalue weighted by atomic mass is 9.76. The average molecular weight is 494 g/mol. The third-order valence-corrected chi connectivity index (χ3v) is 9.18. The number of nitrogens with zero attached hydrogens (tertiary/aromatic N) is 2.